The van der Waals surface area contributed by atoms with Gasteiger partial charge in [0.25, 0.3) is 0 Å². The summed E-state index contributed by atoms with van der Waals surface area (Å²) in [6.07, 6.45) is 9.07. The minimum atomic E-state index is -0.195. The Morgan fingerprint density at radius 1 is 1.18 bits per heavy atom. The highest BCUT2D eigenvalue weighted by atomic mass is 16.6. The molecule has 5 rings (SSSR count). The molecule has 3 saturated carbocycles. The van der Waals surface area contributed by atoms with E-state index in [1.54, 1.807) is 6.92 Å². The van der Waals surface area contributed by atoms with Gasteiger partial charge in [-0.2, -0.15) is 0 Å². The van der Waals surface area contributed by atoms with E-state index in [0.29, 0.717) is 42.6 Å². The van der Waals surface area contributed by atoms with Crippen LogP contribution >= 0.6 is 0 Å². The van der Waals surface area contributed by atoms with E-state index in [2.05, 4.69) is 56.4 Å². The summed E-state index contributed by atoms with van der Waals surface area (Å²) in [5.74, 6) is 2.19. The van der Waals surface area contributed by atoms with Gasteiger partial charge < -0.3 is 19.7 Å². The number of carbonyl (C=O) groups excluding carboxylic acids is 2. The van der Waals surface area contributed by atoms with Crippen LogP contribution in [0, 0.1) is 40.4 Å². The summed E-state index contributed by atoms with van der Waals surface area (Å²) in [6.45, 7) is 11.1. The minimum Gasteiger partial charge on any atom is -0.465 e. The second kappa shape index (κ2) is 11.7. The molecule has 0 aromatic heterocycles. The van der Waals surface area contributed by atoms with Gasteiger partial charge in [0.05, 0.1) is 12.3 Å². The molecule has 1 aromatic carbocycles. The van der Waals surface area contributed by atoms with Crippen molar-refractivity contribution in [2.75, 3.05) is 19.7 Å². The lowest BCUT2D eigenvalue weighted by Gasteiger charge is -2.64. The van der Waals surface area contributed by atoms with Crippen LogP contribution in [0.3, 0.4) is 0 Å². The molecule has 8 atom stereocenters. The third-order valence-corrected chi connectivity index (χ3v) is 11.0. The first kappa shape index (κ1) is 28.3. The average molecular weight is 537 g/mol. The fourth-order valence-electron chi connectivity index (χ4n) is 9.34. The fraction of sp³-hybridized carbons (Fsp3) is 0.727. The van der Waals surface area contributed by atoms with Gasteiger partial charge in [0.15, 0.2) is 0 Å². The molecule has 0 bridgehead atoms. The monoisotopic (exact) mass is 536 g/mol. The van der Waals surface area contributed by atoms with Crippen LogP contribution in [0.25, 0.3) is 0 Å². The number of oxime groups is 1. The van der Waals surface area contributed by atoms with Crippen molar-refractivity contribution in [2.24, 2.45) is 45.6 Å². The largest absolute Gasteiger partial charge is 0.465 e. The highest BCUT2D eigenvalue weighted by molar-refractivity contribution is 5.92. The molecule has 0 amide bonds. The van der Waals surface area contributed by atoms with Crippen molar-refractivity contribution in [3.8, 4) is 0 Å². The molecule has 6 nitrogen and oxygen atoms in total. The highest BCUT2D eigenvalue weighted by Crippen LogP contribution is 2.67. The van der Waals surface area contributed by atoms with Crippen molar-refractivity contribution in [3.63, 3.8) is 0 Å². The highest BCUT2D eigenvalue weighted by Gasteiger charge is 2.62. The van der Waals surface area contributed by atoms with Crippen LogP contribution in [-0.4, -0.2) is 43.8 Å². The van der Waals surface area contributed by atoms with Crippen LogP contribution in [0.1, 0.15) is 90.5 Å². The Morgan fingerprint density at radius 2 is 1.97 bits per heavy atom. The Balaban J connectivity index is 1.57. The molecular formula is C33H48N2O4. The molecule has 3 aliphatic carbocycles. The standard InChI is InChI=1S/C33H48N2O4/c1-22-19-26-27(11-8-18-36)32(3,4)15-12-28(26)33(21-38-23(2)37)16-13-29(35-39-25-14-17-34-20-25)30(31(22)33)24-9-6-5-7-10-24/h5-7,9-10,18,22,25-28,30-31,34H,8,11-17,19-21H2,1-4H3. The third kappa shape index (κ3) is 5.55. The van der Waals surface area contributed by atoms with Crippen LogP contribution in [-0.2, 0) is 19.2 Å². The van der Waals surface area contributed by atoms with E-state index in [0.717, 1.165) is 70.0 Å². The molecule has 0 spiro atoms. The number of nitrogens with zero attached hydrogens (tertiary/aromatic N) is 1. The van der Waals surface area contributed by atoms with E-state index in [1.807, 2.05) is 0 Å². The molecule has 39 heavy (non-hydrogen) atoms. The number of ether oxygens (including phenoxy) is 1. The molecule has 0 radical (unpaired) electrons. The van der Waals surface area contributed by atoms with Crippen molar-refractivity contribution < 1.29 is 19.2 Å². The number of carbonyl (C=O) groups is 2. The van der Waals surface area contributed by atoms with Crippen molar-refractivity contribution >= 4 is 18.0 Å². The summed E-state index contributed by atoms with van der Waals surface area (Å²) in [5, 5.41) is 8.27. The topological polar surface area (TPSA) is 77.0 Å². The van der Waals surface area contributed by atoms with Crippen LogP contribution in [0.2, 0.25) is 0 Å². The van der Waals surface area contributed by atoms with E-state index < -0.39 is 0 Å². The van der Waals surface area contributed by atoms with Crippen LogP contribution in [0.5, 0.6) is 0 Å². The Kier molecular flexibility index (Phi) is 8.51. The van der Waals surface area contributed by atoms with E-state index >= 15 is 0 Å². The number of hydrogen-bond donors (Lipinski definition) is 1. The van der Waals surface area contributed by atoms with Crippen molar-refractivity contribution in [1.82, 2.24) is 5.32 Å². The Morgan fingerprint density at radius 3 is 2.67 bits per heavy atom. The summed E-state index contributed by atoms with van der Waals surface area (Å²) in [5.41, 5.74) is 2.54. The molecule has 1 aromatic rings. The second-order valence-corrected chi connectivity index (χ2v) is 13.6. The van der Waals surface area contributed by atoms with Gasteiger partial charge >= 0.3 is 5.97 Å². The molecule has 6 heteroatoms. The first-order valence-corrected chi connectivity index (χ1v) is 15.3. The lowest BCUT2D eigenvalue weighted by molar-refractivity contribution is -0.174. The summed E-state index contributed by atoms with van der Waals surface area (Å²) in [4.78, 5) is 29.9. The zero-order valence-electron chi connectivity index (χ0n) is 24.4. The first-order valence-electron chi connectivity index (χ1n) is 15.3. The SMILES string of the molecule is CC(=O)OCC12CCC(=NOC3CCNC3)C(c3ccccc3)C1C(C)CC1C(CCC=O)C(C)(C)CCC12. The van der Waals surface area contributed by atoms with Crippen molar-refractivity contribution in [2.45, 2.75) is 91.1 Å². The van der Waals surface area contributed by atoms with Gasteiger partial charge in [-0.3, -0.25) is 4.79 Å². The number of nitrogens with one attached hydrogen (secondary N) is 1. The van der Waals surface area contributed by atoms with Gasteiger partial charge in [-0.1, -0.05) is 56.3 Å². The molecule has 1 aliphatic heterocycles. The number of fused-ring (bicyclic) bond motifs is 3. The Labute approximate surface area is 234 Å². The van der Waals surface area contributed by atoms with Gasteiger partial charge in [0.1, 0.15) is 12.4 Å². The van der Waals surface area contributed by atoms with Crippen LogP contribution in [0.4, 0.5) is 0 Å². The van der Waals surface area contributed by atoms with E-state index in [1.165, 1.54) is 5.56 Å². The zero-order chi connectivity index (χ0) is 27.6. The minimum absolute atomic E-state index is 0.113. The zero-order valence-corrected chi connectivity index (χ0v) is 24.4. The first-order chi connectivity index (χ1) is 18.8. The molecule has 1 saturated heterocycles. The van der Waals surface area contributed by atoms with Gasteiger partial charge in [-0.15, -0.1) is 0 Å². The molecule has 1 heterocycles. The molecular weight excluding hydrogens is 488 g/mol. The molecule has 8 unspecified atom stereocenters. The maximum Gasteiger partial charge on any atom is 0.302 e. The lowest BCUT2D eigenvalue weighted by atomic mass is 9.40. The Hall–Kier alpha value is -2.21. The van der Waals surface area contributed by atoms with E-state index in [-0.39, 0.29) is 28.8 Å². The lowest BCUT2D eigenvalue weighted by Crippen LogP contribution is -2.60. The number of aldehydes is 1. The van der Waals surface area contributed by atoms with Gasteiger partial charge in [0.2, 0.25) is 0 Å². The summed E-state index contributed by atoms with van der Waals surface area (Å²) in [6, 6.07) is 10.8. The predicted octanol–water partition coefficient (Wildman–Crippen LogP) is 6.15. The van der Waals surface area contributed by atoms with Crippen molar-refractivity contribution in [1.29, 1.82) is 0 Å². The van der Waals surface area contributed by atoms with Gasteiger partial charge in [-0.05, 0) is 85.6 Å². The number of benzene rings is 1. The molecule has 214 valence electrons. The maximum atomic E-state index is 12.3. The molecule has 4 aliphatic rings. The predicted molar refractivity (Wildman–Crippen MR) is 153 cm³/mol. The van der Waals surface area contributed by atoms with E-state index in [4.69, 9.17) is 14.7 Å². The fourth-order valence-corrected chi connectivity index (χ4v) is 9.34. The maximum absolute atomic E-state index is 12.3. The van der Waals surface area contributed by atoms with E-state index in [9.17, 15) is 9.59 Å². The van der Waals surface area contributed by atoms with Crippen LogP contribution < -0.4 is 5.32 Å². The average Bonchev–Trinajstić information content (AvgIpc) is 3.44. The van der Waals surface area contributed by atoms with Gasteiger partial charge in [-0.25, -0.2) is 0 Å². The second-order valence-electron chi connectivity index (χ2n) is 13.6. The number of rotatable bonds is 8. The third-order valence-electron chi connectivity index (χ3n) is 11.0. The summed E-state index contributed by atoms with van der Waals surface area (Å²) in [7, 11) is 0. The van der Waals surface area contributed by atoms with Crippen molar-refractivity contribution in [3.05, 3.63) is 35.9 Å². The quantitative estimate of drug-likeness (QED) is 0.245. The number of hydrogen-bond acceptors (Lipinski definition) is 6. The molecule has 4 fully saturated rings. The van der Waals surface area contributed by atoms with Gasteiger partial charge in [0, 0.05) is 37.6 Å². The summed E-state index contributed by atoms with van der Waals surface area (Å²) >= 11 is 0. The summed E-state index contributed by atoms with van der Waals surface area (Å²) < 4.78 is 5.99. The van der Waals surface area contributed by atoms with Crippen LogP contribution in [0.15, 0.2) is 35.5 Å². The Bertz CT molecular complexity index is 1030. The smallest absolute Gasteiger partial charge is 0.302 e. The number of esters is 1. The molecule has 1 N–H and O–H groups in total. The normalized spacial score (nSPS) is 38.5.